The maximum absolute atomic E-state index is 12.4. The first kappa shape index (κ1) is 14.7. The standard InChI is InChI=1S/C10H6F3NO2S2/c1-16-9(15)5-2-3-7(17)6(4-14)8(5)18-10(11,12)13/h2-3,17H,1H3. The number of carbonyl (C=O) groups excluding carboxylic acids is 1. The van der Waals surface area contributed by atoms with Crippen LogP contribution in [0.5, 0.6) is 0 Å². The van der Waals surface area contributed by atoms with Crippen molar-refractivity contribution in [3.63, 3.8) is 0 Å². The first-order chi connectivity index (χ1) is 8.30. The molecule has 0 radical (unpaired) electrons. The number of carbonyl (C=O) groups is 1. The molecular weight excluding hydrogens is 287 g/mol. The van der Waals surface area contributed by atoms with E-state index in [0.717, 1.165) is 13.2 Å². The van der Waals surface area contributed by atoms with Gasteiger partial charge in [-0.2, -0.15) is 18.4 Å². The molecule has 0 heterocycles. The fourth-order valence-electron chi connectivity index (χ4n) is 1.17. The molecule has 1 aromatic rings. The molecule has 0 amide bonds. The number of thioether (sulfide) groups is 1. The molecule has 3 nitrogen and oxygen atoms in total. The molecule has 8 heteroatoms. The number of thiol groups is 1. The van der Waals surface area contributed by atoms with Gasteiger partial charge in [0.25, 0.3) is 0 Å². The minimum absolute atomic E-state index is 0.0666. The molecule has 18 heavy (non-hydrogen) atoms. The molecule has 0 unspecified atom stereocenters. The minimum Gasteiger partial charge on any atom is -0.465 e. The highest BCUT2D eigenvalue weighted by Gasteiger charge is 2.33. The van der Waals surface area contributed by atoms with E-state index in [-0.39, 0.29) is 16.0 Å². The summed E-state index contributed by atoms with van der Waals surface area (Å²) >= 11 is 3.35. The molecule has 0 atom stereocenters. The summed E-state index contributed by atoms with van der Waals surface area (Å²) in [6.07, 6.45) is 0. The predicted molar refractivity (Wildman–Crippen MR) is 61.7 cm³/mol. The van der Waals surface area contributed by atoms with E-state index in [1.54, 1.807) is 6.07 Å². The zero-order valence-electron chi connectivity index (χ0n) is 8.91. The lowest BCUT2D eigenvalue weighted by Gasteiger charge is -2.12. The van der Waals surface area contributed by atoms with Gasteiger partial charge in [-0.1, -0.05) is 0 Å². The molecule has 0 fully saturated rings. The van der Waals surface area contributed by atoms with Gasteiger partial charge < -0.3 is 4.74 Å². The summed E-state index contributed by atoms with van der Waals surface area (Å²) in [4.78, 5) is 10.9. The number of nitriles is 1. The van der Waals surface area contributed by atoms with E-state index in [0.29, 0.717) is 0 Å². The van der Waals surface area contributed by atoms with Crippen LogP contribution < -0.4 is 0 Å². The van der Waals surface area contributed by atoms with Crippen molar-refractivity contribution in [1.29, 1.82) is 5.26 Å². The zero-order chi connectivity index (χ0) is 13.9. The Morgan fingerprint density at radius 1 is 1.50 bits per heavy atom. The number of nitrogens with zero attached hydrogens (tertiary/aromatic N) is 1. The van der Waals surface area contributed by atoms with Crippen LogP contribution >= 0.6 is 24.4 Å². The second-order valence-corrected chi connectivity index (χ2v) is 4.54. The molecule has 1 rings (SSSR count). The number of benzene rings is 1. The van der Waals surface area contributed by atoms with Crippen LogP contribution in [-0.2, 0) is 4.74 Å². The highest BCUT2D eigenvalue weighted by atomic mass is 32.2. The van der Waals surface area contributed by atoms with Crippen LogP contribution in [0.15, 0.2) is 21.9 Å². The van der Waals surface area contributed by atoms with Gasteiger partial charge in [-0.05, 0) is 23.9 Å². The average Bonchev–Trinajstić information content (AvgIpc) is 2.26. The maximum Gasteiger partial charge on any atom is 0.446 e. The Hall–Kier alpha value is -1.33. The Morgan fingerprint density at radius 2 is 2.11 bits per heavy atom. The van der Waals surface area contributed by atoms with Gasteiger partial charge in [0.2, 0.25) is 0 Å². The third-order valence-corrected chi connectivity index (χ3v) is 3.10. The predicted octanol–water partition coefficient (Wildman–Crippen LogP) is 3.25. The lowest BCUT2D eigenvalue weighted by molar-refractivity contribution is -0.0328. The molecular formula is C10H6F3NO2S2. The van der Waals surface area contributed by atoms with Crippen molar-refractivity contribution < 1.29 is 22.7 Å². The van der Waals surface area contributed by atoms with Crippen LogP contribution in [0, 0.1) is 11.3 Å². The number of hydrogen-bond acceptors (Lipinski definition) is 5. The van der Waals surface area contributed by atoms with E-state index < -0.39 is 28.1 Å². The van der Waals surface area contributed by atoms with E-state index in [1.165, 1.54) is 6.07 Å². The summed E-state index contributed by atoms with van der Waals surface area (Å²) in [5.41, 5.74) is -5.23. The van der Waals surface area contributed by atoms with E-state index >= 15 is 0 Å². The Balaban J connectivity index is 3.45. The van der Waals surface area contributed by atoms with Crippen molar-refractivity contribution in [2.24, 2.45) is 0 Å². The number of esters is 1. The maximum atomic E-state index is 12.4. The molecule has 0 saturated carbocycles. The first-order valence-corrected chi connectivity index (χ1v) is 5.66. The van der Waals surface area contributed by atoms with E-state index in [9.17, 15) is 18.0 Å². The van der Waals surface area contributed by atoms with Crippen molar-refractivity contribution >= 4 is 30.4 Å². The van der Waals surface area contributed by atoms with Crippen molar-refractivity contribution in [2.45, 2.75) is 15.3 Å². The largest absolute Gasteiger partial charge is 0.465 e. The van der Waals surface area contributed by atoms with Crippen LogP contribution in [0.4, 0.5) is 13.2 Å². The molecule has 0 saturated heterocycles. The Kier molecular flexibility index (Phi) is 4.53. The summed E-state index contributed by atoms with van der Waals surface area (Å²) in [6, 6.07) is 4.01. The Bertz CT molecular complexity index is 523. The van der Waals surface area contributed by atoms with Gasteiger partial charge in [0.15, 0.2) is 0 Å². The van der Waals surface area contributed by atoms with E-state index in [2.05, 4.69) is 17.4 Å². The lowest BCUT2D eigenvalue weighted by Crippen LogP contribution is -2.08. The summed E-state index contributed by atoms with van der Waals surface area (Å²) < 4.78 is 41.6. The van der Waals surface area contributed by atoms with Crippen LogP contribution in [0.2, 0.25) is 0 Å². The topological polar surface area (TPSA) is 50.1 Å². The second-order valence-electron chi connectivity index (χ2n) is 2.99. The molecule has 1 aromatic carbocycles. The zero-order valence-corrected chi connectivity index (χ0v) is 10.6. The molecule has 0 spiro atoms. The Labute approximate surface area is 110 Å². The van der Waals surface area contributed by atoms with Crippen LogP contribution in [0.25, 0.3) is 0 Å². The van der Waals surface area contributed by atoms with Gasteiger partial charge in [-0.15, -0.1) is 12.6 Å². The smallest absolute Gasteiger partial charge is 0.446 e. The third kappa shape index (κ3) is 3.34. The SMILES string of the molecule is COC(=O)c1ccc(S)c(C#N)c1SC(F)(F)F. The summed E-state index contributed by atoms with van der Waals surface area (Å²) in [5, 5.41) is 8.84. The number of hydrogen-bond donors (Lipinski definition) is 1. The molecule has 0 aliphatic rings. The van der Waals surface area contributed by atoms with Gasteiger partial charge in [-0.3, -0.25) is 0 Å². The highest BCUT2D eigenvalue weighted by Crippen LogP contribution is 2.41. The summed E-state index contributed by atoms with van der Waals surface area (Å²) in [7, 11) is 1.05. The lowest BCUT2D eigenvalue weighted by atomic mass is 10.1. The molecule has 96 valence electrons. The van der Waals surface area contributed by atoms with Crippen molar-refractivity contribution in [3.8, 4) is 6.07 Å². The quantitative estimate of drug-likeness (QED) is 0.516. The normalized spacial score (nSPS) is 10.9. The van der Waals surface area contributed by atoms with E-state index in [1.807, 2.05) is 0 Å². The molecule has 0 aliphatic carbocycles. The molecule has 0 N–H and O–H groups in total. The number of ether oxygens (including phenoxy) is 1. The fraction of sp³-hybridized carbons (Fsp3) is 0.200. The third-order valence-electron chi connectivity index (χ3n) is 1.87. The number of methoxy groups -OCH3 is 1. The number of halogens is 3. The van der Waals surface area contributed by atoms with Gasteiger partial charge >= 0.3 is 11.5 Å². The monoisotopic (exact) mass is 293 g/mol. The van der Waals surface area contributed by atoms with Crippen LogP contribution in [-0.4, -0.2) is 18.6 Å². The average molecular weight is 293 g/mol. The molecule has 0 aliphatic heterocycles. The number of rotatable bonds is 2. The van der Waals surface area contributed by atoms with Crippen LogP contribution in [0.1, 0.15) is 15.9 Å². The summed E-state index contributed by atoms with van der Waals surface area (Å²) in [6.45, 7) is 0. The molecule has 0 bridgehead atoms. The summed E-state index contributed by atoms with van der Waals surface area (Å²) in [5.74, 6) is -0.938. The fourth-order valence-corrected chi connectivity index (χ4v) is 2.24. The van der Waals surface area contributed by atoms with Crippen molar-refractivity contribution in [1.82, 2.24) is 0 Å². The molecule has 0 aromatic heterocycles. The number of alkyl halides is 3. The van der Waals surface area contributed by atoms with Crippen molar-refractivity contribution in [3.05, 3.63) is 23.3 Å². The van der Waals surface area contributed by atoms with Crippen molar-refractivity contribution in [2.75, 3.05) is 7.11 Å². The Morgan fingerprint density at radius 3 is 2.56 bits per heavy atom. The van der Waals surface area contributed by atoms with E-state index in [4.69, 9.17) is 5.26 Å². The minimum atomic E-state index is -4.62. The van der Waals surface area contributed by atoms with Gasteiger partial charge in [0.1, 0.15) is 6.07 Å². The highest BCUT2D eigenvalue weighted by molar-refractivity contribution is 8.00. The second kappa shape index (κ2) is 5.54. The van der Waals surface area contributed by atoms with Gasteiger partial charge in [0, 0.05) is 9.79 Å². The van der Waals surface area contributed by atoms with Gasteiger partial charge in [-0.25, -0.2) is 4.79 Å². The van der Waals surface area contributed by atoms with Gasteiger partial charge in [0.05, 0.1) is 18.2 Å². The van der Waals surface area contributed by atoms with Crippen LogP contribution in [0.3, 0.4) is 0 Å². The first-order valence-electron chi connectivity index (χ1n) is 4.40.